The third kappa shape index (κ3) is 4.15. The maximum Gasteiger partial charge on any atom is 0.253 e. The maximum atomic E-state index is 12.7. The van der Waals surface area contributed by atoms with Crippen LogP contribution in [0.3, 0.4) is 0 Å². The highest BCUT2D eigenvalue weighted by molar-refractivity contribution is 5.94. The molecular weight excluding hydrogens is 342 g/mol. The molecule has 0 unspecified atom stereocenters. The second-order valence-corrected chi connectivity index (χ2v) is 8.27. The molecule has 3 aliphatic rings. The van der Waals surface area contributed by atoms with Crippen molar-refractivity contribution in [2.45, 2.75) is 63.0 Å². The van der Waals surface area contributed by atoms with E-state index in [1.54, 1.807) is 24.5 Å². The Labute approximate surface area is 160 Å². The third-order valence-electron chi connectivity index (χ3n) is 6.40. The number of nitrogens with one attached hydrogen (secondary N) is 1. The van der Waals surface area contributed by atoms with Crippen LogP contribution in [0.25, 0.3) is 0 Å². The highest BCUT2D eigenvalue weighted by Gasteiger charge is 2.42. The number of nitrogens with zero attached hydrogens (tertiary/aromatic N) is 2. The van der Waals surface area contributed by atoms with Gasteiger partial charge >= 0.3 is 0 Å². The third-order valence-corrected chi connectivity index (χ3v) is 6.40. The number of rotatable bonds is 3. The summed E-state index contributed by atoms with van der Waals surface area (Å²) in [7, 11) is 0. The lowest BCUT2D eigenvalue weighted by Crippen LogP contribution is -2.46. The van der Waals surface area contributed by atoms with E-state index in [1.807, 2.05) is 4.90 Å². The van der Waals surface area contributed by atoms with Gasteiger partial charge in [0.05, 0.1) is 18.2 Å². The van der Waals surface area contributed by atoms with Crippen molar-refractivity contribution in [2.75, 3.05) is 19.7 Å². The van der Waals surface area contributed by atoms with Crippen LogP contribution in [0.15, 0.2) is 24.5 Å². The van der Waals surface area contributed by atoms with E-state index in [4.69, 9.17) is 4.74 Å². The number of ether oxygens (including phenoxy) is 1. The van der Waals surface area contributed by atoms with E-state index in [9.17, 15) is 9.59 Å². The van der Waals surface area contributed by atoms with Crippen molar-refractivity contribution in [3.63, 3.8) is 0 Å². The standard InChI is InChI=1S/C21H29N3O3/c25-19(23-18-14-21(27-15-18)8-2-1-3-9-21)16-6-12-24(13-7-16)20(26)17-4-10-22-11-5-17/h4-5,10-11,16,18H,1-3,6-9,12-15H2,(H,23,25)/t18-/m0/s1. The zero-order chi connectivity index (χ0) is 18.7. The molecule has 3 heterocycles. The predicted molar refractivity (Wildman–Crippen MR) is 101 cm³/mol. The summed E-state index contributed by atoms with van der Waals surface area (Å²) < 4.78 is 6.11. The Morgan fingerprint density at radius 1 is 1.11 bits per heavy atom. The summed E-state index contributed by atoms with van der Waals surface area (Å²) in [5.41, 5.74) is 0.685. The second kappa shape index (κ2) is 7.97. The molecule has 1 saturated carbocycles. The molecule has 0 radical (unpaired) electrons. The zero-order valence-electron chi connectivity index (χ0n) is 15.9. The smallest absolute Gasteiger partial charge is 0.253 e. The number of likely N-dealkylation sites (tertiary alicyclic amines) is 1. The number of hydrogen-bond donors (Lipinski definition) is 1. The number of aromatic nitrogens is 1. The highest BCUT2D eigenvalue weighted by atomic mass is 16.5. The first-order valence-corrected chi connectivity index (χ1v) is 10.3. The van der Waals surface area contributed by atoms with Gasteiger partial charge < -0.3 is 15.0 Å². The van der Waals surface area contributed by atoms with Crippen LogP contribution in [0.2, 0.25) is 0 Å². The van der Waals surface area contributed by atoms with Crippen molar-refractivity contribution < 1.29 is 14.3 Å². The summed E-state index contributed by atoms with van der Waals surface area (Å²) in [5.74, 6) is 0.154. The van der Waals surface area contributed by atoms with E-state index in [-0.39, 0.29) is 29.4 Å². The van der Waals surface area contributed by atoms with Gasteiger partial charge in [0.1, 0.15) is 0 Å². The summed E-state index contributed by atoms with van der Waals surface area (Å²) in [6.45, 7) is 1.90. The molecule has 27 heavy (non-hydrogen) atoms. The van der Waals surface area contributed by atoms with E-state index in [0.29, 0.717) is 25.3 Å². The lowest BCUT2D eigenvalue weighted by atomic mass is 9.82. The van der Waals surface area contributed by atoms with Crippen molar-refractivity contribution in [1.29, 1.82) is 0 Å². The van der Waals surface area contributed by atoms with Gasteiger partial charge in [-0.25, -0.2) is 0 Å². The fourth-order valence-electron chi connectivity index (χ4n) is 4.82. The van der Waals surface area contributed by atoms with Gasteiger partial charge in [-0.05, 0) is 44.2 Å². The number of pyridine rings is 1. The van der Waals surface area contributed by atoms with Crippen LogP contribution >= 0.6 is 0 Å². The summed E-state index contributed by atoms with van der Waals surface area (Å²) in [4.78, 5) is 31.0. The Morgan fingerprint density at radius 3 is 2.52 bits per heavy atom. The van der Waals surface area contributed by atoms with E-state index in [1.165, 1.54) is 19.3 Å². The van der Waals surface area contributed by atoms with E-state index < -0.39 is 0 Å². The molecule has 2 amide bonds. The minimum Gasteiger partial charge on any atom is -0.373 e. The van der Waals surface area contributed by atoms with E-state index in [2.05, 4.69) is 10.3 Å². The number of hydrogen-bond acceptors (Lipinski definition) is 4. The lowest BCUT2D eigenvalue weighted by Gasteiger charge is -2.33. The normalized spacial score (nSPS) is 25.5. The number of amides is 2. The summed E-state index contributed by atoms with van der Waals surface area (Å²) >= 11 is 0. The molecule has 1 aromatic heterocycles. The molecule has 0 bridgehead atoms. The molecule has 146 valence electrons. The Hall–Kier alpha value is -1.95. The molecule has 1 aromatic rings. The van der Waals surface area contributed by atoms with Gasteiger partial charge in [-0.3, -0.25) is 14.6 Å². The highest BCUT2D eigenvalue weighted by Crippen LogP contribution is 2.39. The molecule has 1 atom stereocenters. The van der Waals surface area contributed by atoms with Crippen LogP contribution in [-0.2, 0) is 9.53 Å². The number of carbonyl (C=O) groups is 2. The Balaban J connectivity index is 1.25. The molecule has 2 aliphatic heterocycles. The maximum absolute atomic E-state index is 12.7. The van der Waals surface area contributed by atoms with Crippen LogP contribution in [0.1, 0.15) is 61.7 Å². The van der Waals surface area contributed by atoms with Crippen LogP contribution in [-0.4, -0.2) is 53.0 Å². The second-order valence-electron chi connectivity index (χ2n) is 8.27. The number of piperidine rings is 1. The van der Waals surface area contributed by atoms with E-state index in [0.717, 1.165) is 32.1 Å². The fourth-order valence-corrected chi connectivity index (χ4v) is 4.82. The first kappa shape index (κ1) is 18.4. The molecule has 4 rings (SSSR count). The van der Waals surface area contributed by atoms with Crippen LogP contribution in [0, 0.1) is 5.92 Å². The molecule has 1 spiro atoms. The molecular formula is C21H29N3O3. The Morgan fingerprint density at radius 2 is 1.81 bits per heavy atom. The minimum absolute atomic E-state index is 0.00519. The van der Waals surface area contributed by atoms with E-state index >= 15 is 0 Å². The molecule has 2 saturated heterocycles. The average molecular weight is 371 g/mol. The largest absolute Gasteiger partial charge is 0.373 e. The van der Waals surface area contributed by atoms with Gasteiger partial charge in [0.25, 0.3) is 5.91 Å². The first-order chi connectivity index (χ1) is 13.2. The molecule has 6 nitrogen and oxygen atoms in total. The average Bonchev–Trinajstić information content (AvgIpc) is 3.10. The van der Waals surface area contributed by atoms with Gasteiger partial charge in [0.2, 0.25) is 5.91 Å². The van der Waals surface area contributed by atoms with Gasteiger partial charge in [-0.2, -0.15) is 0 Å². The van der Waals surface area contributed by atoms with Crippen molar-refractivity contribution in [1.82, 2.24) is 15.2 Å². The van der Waals surface area contributed by atoms with Crippen LogP contribution in [0.4, 0.5) is 0 Å². The fraction of sp³-hybridized carbons (Fsp3) is 0.667. The Bertz CT molecular complexity index is 665. The molecule has 6 heteroatoms. The van der Waals surface area contributed by atoms with Crippen molar-refractivity contribution in [3.05, 3.63) is 30.1 Å². The van der Waals surface area contributed by atoms with Gasteiger partial charge in [0, 0.05) is 37.0 Å². The molecule has 3 fully saturated rings. The SMILES string of the molecule is O=C(N[C@@H]1COC2(CCCCC2)C1)C1CCN(C(=O)c2ccncc2)CC1. The molecule has 0 aromatic carbocycles. The van der Waals surface area contributed by atoms with Gasteiger partial charge in [0.15, 0.2) is 0 Å². The predicted octanol–water partition coefficient (Wildman–Crippen LogP) is 2.54. The van der Waals surface area contributed by atoms with Gasteiger partial charge in [-0.1, -0.05) is 19.3 Å². The minimum atomic E-state index is -0.00519. The summed E-state index contributed by atoms with van der Waals surface area (Å²) in [5, 5.41) is 3.22. The van der Waals surface area contributed by atoms with Crippen molar-refractivity contribution in [2.24, 2.45) is 5.92 Å². The summed E-state index contributed by atoms with van der Waals surface area (Å²) in [6, 6.07) is 3.62. The number of carbonyl (C=O) groups excluding carboxylic acids is 2. The van der Waals surface area contributed by atoms with Crippen LogP contribution < -0.4 is 5.32 Å². The van der Waals surface area contributed by atoms with Crippen molar-refractivity contribution >= 4 is 11.8 Å². The quantitative estimate of drug-likeness (QED) is 0.886. The molecule has 1 aliphatic carbocycles. The summed E-state index contributed by atoms with van der Waals surface area (Å²) in [6.07, 6.45) is 11.7. The van der Waals surface area contributed by atoms with Gasteiger partial charge in [-0.15, -0.1) is 0 Å². The van der Waals surface area contributed by atoms with Crippen molar-refractivity contribution in [3.8, 4) is 0 Å². The lowest BCUT2D eigenvalue weighted by molar-refractivity contribution is -0.127. The van der Waals surface area contributed by atoms with Crippen LogP contribution in [0.5, 0.6) is 0 Å². The molecule has 1 N–H and O–H groups in total. The topological polar surface area (TPSA) is 71.5 Å². The first-order valence-electron chi connectivity index (χ1n) is 10.3. The zero-order valence-corrected chi connectivity index (χ0v) is 15.9. The monoisotopic (exact) mass is 371 g/mol. The Kier molecular flexibility index (Phi) is 5.43.